The number of hydrogen-bond acceptors (Lipinski definition) is 3. The molecule has 0 saturated heterocycles. The highest BCUT2D eigenvalue weighted by Crippen LogP contribution is 2.30. The summed E-state index contributed by atoms with van der Waals surface area (Å²) < 4.78 is 37.7. The van der Waals surface area contributed by atoms with Gasteiger partial charge >= 0.3 is 18.0 Å². The molecule has 0 aromatic heterocycles. The van der Waals surface area contributed by atoms with Gasteiger partial charge in [-0.05, 0) is 31.3 Å². The fraction of sp³-hybridized carbons (Fsp3) is 0.467. The van der Waals surface area contributed by atoms with Crippen LogP contribution in [-0.2, 0) is 15.8 Å². The summed E-state index contributed by atoms with van der Waals surface area (Å²) in [5.74, 6) is -1.88. The highest BCUT2D eigenvalue weighted by atomic mass is 19.4. The highest BCUT2D eigenvalue weighted by Gasteiger charge is 2.30. The Morgan fingerprint density at radius 1 is 1.13 bits per heavy atom. The van der Waals surface area contributed by atoms with Crippen molar-refractivity contribution in [2.24, 2.45) is 0 Å². The van der Waals surface area contributed by atoms with E-state index in [1.807, 2.05) is 13.8 Å². The molecule has 0 atom stereocenters. The second-order valence-corrected chi connectivity index (χ2v) is 4.82. The van der Waals surface area contributed by atoms with Gasteiger partial charge in [-0.25, -0.2) is 0 Å². The Morgan fingerprint density at radius 2 is 1.78 bits per heavy atom. The van der Waals surface area contributed by atoms with Crippen LogP contribution < -0.4 is 10.6 Å². The van der Waals surface area contributed by atoms with E-state index in [1.54, 1.807) is 0 Å². The van der Waals surface area contributed by atoms with Gasteiger partial charge in [0.1, 0.15) is 0 Å². The number of anilines is 1. The number of nitrogens with one attached hydrogen (secondary N) is 2. The van der Waals surface area contributed by atoms with E-state index in [4.69, 9.17) is 0 Å². The third-order valence-corrected chi connectivity index (χ3v) is 3.26. The van der Waals surface area contributed by atoms with E-state index in [0.29, 0.717) is 6.54 Å². The van der Waals surface area contributed by atoms with Crippen molar-refractivity contribution < 1.29 is 22.8 Å². The molecular weight excluding hydrogens is 311 g/mol. The number of alkyl halides is 3. The zero-order valence-corrected chi connectivity index (χ0v) is 13.0. The van der Waals surface area contributed by atoms with E-state index >= 15 is 0 Å². The smallest absolute Gasteiger partial charge is 0.347 e. The number of nitrogens with zero attached hydrogens (tertiary/aromatic N) is 1. The van der Waals surface area contributed by atoms with Crippen LogP contribution in [0.1, 0.15) is 19.4 Å². The Balaban J connectivity index is 2.54. The van der Waals surface area contributed by atoms with Gasteiger partial charge in [0, 0.05) is 18.8 Å². The summed E-state index contributed by atoms with van der Waals surface area (Å²) in [4.78, 5) is 25.4. The molecule has 1 rings (SSSR count). The molecule has 0 spiro atoms. The lowest BCUT2D eigenvalue weighted by molar-refractivity contribution is -0.137. The number of carbonyl (C=O) groups is 2. The van der Waals surface area contributed by atoms with Gasteiger partial charge in [-0.15, -0.1) is 0 Å². The van der Waals surface area contributed by atoms with Crippen molar-refractivity contribution in [1.29, 1.82) is 0 Å². The third kappa shape index (κ3) is 6.27. The number of rotatable bonds is 6. The van der Waals surface area contributed by atoms with E-state index in [1.165, 1.54) is 6.07 Å². The van der Waals surface area contributed by atoms with Gasteiger partial charge in [-0.2, -0.15) is 13.2 Å². The van der Waals surface area contributed by atoms with Crippen LogP contribution >= 0.6 is 0 Å². The van der Waals surface area contributed by atoms with Gasteiger partial charge in [0.05, 0.1) is 5.56 Å². The van der Waals surface area contributed by atoms with Crippen molar-refractivity contribution in [1.82, 2.24) is 10.2 Å². The molecule has 1 aromatic rings. The van der Waals surface area contributed by atoms with E-state index in [0.717, 1.165) is 31.3 Å². The van der Waals surface area contributed by atoms with Crippen molar-refractivity contribution in [2.75, 3.05) is 31.5 Å². The van der Waals surface area contributed by atoms with Gasteiger partial charge in [-0.3, -0.25) is 9.59 Å². The Morgan fingerprint density at radius 3 is 2.35 bits per heavy atom. The second kappa shape index (κ2) is 8.52. The molecule has 1 aromatic carbocycles. The molecule has 2 N–H and O–H groups in total. The number of halogens is 3. The molecule has 128 valence electrons. The molecule has 0 aliphatic carbocycles. The average molecular weight is 331 g/mol. The zero-order valence-electron chi connectivity index (χ0n) is 13.0. The highest BCUT2D eigenvalue weighted by molar-refractivity contribution is 6.39. The minimum atomic E-state index is -4.51. The maximum Gasteiger partial charge on any atom is 0.416 e. The van der Waals surface area contributed by atoms with E-state index in [9.17, 15) is 22.8 Å². The monoisotopic (exact) mass is 331 g/mol. The first kappa shape index (κ1) is 19.0. The predicted molar refractivity (Wildman–Crippen MR) is 80.9 cm³/mol. The van der Waals surface area contributed by atoms with Crippen LogP contribution in [-0.4, -0.2) is 42.9 Å². The average Bonchev–Trinajstić information content (AvgIpc) is 2.50. The molecule has 0 radical (unpaired) electrons. The van der Waals surface area contributed by atoms with Crippen LogP contribution in [0.2, 0.25) is 0 Å². The van der Waals surface area contributed by atoms with Gasteiger partial charge in [0.15, 0.2) is 0 Å². The van der Waals surface area contributed by atoms with Gasteiger partial charge < -0.3 is 15.5 Å². The quantitative estimate of drug-likeness (QED) is 0.785. The molecular formula is C15H20F3N3O2. The van der Waals surface area contributed by atoms with Gasteiger partial charge in [0.2, 0.25) is 0 Å². The topological polar surface area (TPSA) is 61.4 Å². The zero-order chi connectivity index (χ0) is 17.5. The fourth-order valence-corrected chi connectivity index (χ4v) is 1.91. The van der Waals surface area contributed by atoms with E-state index < -0.39 is 23.6 Å². The standard InChI is InChI=1S/C15H20F3N3O2/c1-3-21(4-2)9-8-19-13(22)14(23)20-12-7-5-6-11(10-12)15(16,17)18/h5-7,10H,3-4,8-9H2,1-2H3,(H,19,22)(H,20,23). The predicted octanol–water partition coefficient (Wildman–Crippen LogP) is 2.10. The number of likely N-dealkylation sites (N-methyl/N-ethyl adjacent to an activating group) is 1. The second-order valence-electron chi connectivity index (χ2n) is 4.82. The first-order valence-electron chi connectivity index (χ1n) is 7.26. The summed E-state index contributed by atoms with van der Waals surface area (Å²) in [7, 11) is 0. The summed E-state index contributed by atoms with van der Waals surface area (Å²) in [6.45, 7) is 6.48. The summed E-state index contributed by atoms with van der Waals surface area (Å²) in [5, 5.41) is 4.59. The van der Waals surface area contributed by atoms with Crippen molar-refractivity contribution >= 4 is 17.5 Å². The van der Waals surface area contributed by atoms with Crippen molar-refractivity contribution in [3.63, 3.8) is 0 Å². The normalized spacial score (nSPS) is 11.4. The lowest BCUT2D eigenvalue weighted by Crippen LogP contribution is -2.40. The lowest BCUT2D eigenvalue weighted by Gasteiger charge is -2.17. The van der Waals surface area contributed by atoms with Crippen molar-refractivity contribution in [3.8, 4) is 0 Å². The van der Waals surface area contributed by atoms with Crippen LogP contribution in [0.15, 0.2) is 24.3 Å². The molecule has 0 fully saturated rings. The summed E-state index contributed by atoms with van der Waals surface area (Å²) in [5.41, 5.74) is -0.971. The molecule has 0 aliphatic rings. The first-order valence-corrected chi connectivity index (χ1v) is 7.26. The summed E-state index contributed by atoms with van der Waals surface area (Å²) in [6.07, 6.45) is -4.51. The van der Waals surface area contributed by atoms with Crippen LogP contribution in [0, 0.1) is 0 Å². The SMILES string of the molecule is CCN(CC)CCNC(=O)C(=O)Nc1cccc(C(F)(F)F)c1. The molecule has 0 bridgehead atoms. The number of amides is 2. The summed E-state index contributed by atoms with van der Waals surface area (Å²) in [6, 6.07) is 4.12. The Bertz CT molecular complexity index is 543. The summed E-state index contributed by atoms with van der Waals surface area (Å²) >= 11 is 0. The van der Waals surface area contributed by atoms with Crippen LogP contribution in [0.4, 0.5) is 18.9 Å². The van der Waals surface area contributed by atoms with Crippen LogP contribution in [0.5, 0.6) is 0 Å². The molecule has 0 aliphatic heterocycles. The molecule has 2 amide bonds. The number of carbonyl (C=O) groups excluding carboxylic acids is 2. The molecule has 0 saturated carbocycles. The largest absolute Gasteiger partial charge is 0.416 e. The molecule has 8 heteroatoms. The minimum absolute atomic E-state index is 0.0799. The molecule has 23 heavy (non-hydrogen) atoms. The third-order valence-electron chi connectivity index (χ3n) is 3.26. The van der Waals surface area contributed by atoms with Gasteiger partial charge in [0.25, 0.3) is 0 Å². The van der Waals surface area contributed by atoms with Crippen LogP contribution in [0.3, 0.4) is 0 Å². The van der Waals surface area contributed by atoms with Crippen LogP contribution in [0.25, 0.3) is 0 Å². The van der Waals surface area contributed by atoms with Crippen molar-refractivity contribution in [3.05, 3.63) is 29.8 Å². The van der Waals surface area contributed by atoms with E-state index in [2.05, 4.69) is 15.5 Å². The Kier molecular flexibility index (Phi) is 7.02. The van der Waals surface area contributed by atoms with E-state index in [-0.39, 0.29) is 12.2 Å². The molecule has 0 unspecified atom stereocenters. The number of benzene rings is 1. The molecule has 5 nitrogen and oxygen atoms in total. The first-order chi connectivity index (χ1) is 10.8. The number of hydrogen-bond donors (Lipinski definition) is 2. The Hall–Kier alpha value is -2.09. The molecule has 0 heterocycles. The van der Waals surface area contributed by atoms with Crippen molar-refractivity contribution in [2.45, 2.75) is 20.0 Å². The Labute approximate surface area is 132 Å². The minimum Gasteiger partial charge on any atom is -0.347 e. The maximum atomic E-state index is 12.6. The lowest BCUT2D eigenvalue weighted by atomic mass is 10.2. The van der Waals surface area contributed by atoms with Gasteiger partial charge in [-0.1, -0.05) is 19.9 Å². The fourth-order valence-electron chi connectivity index (χ4n) is 1.91. The maximum absolute atomic E-state index is 12.6.